The van der Waals surface area contributed by atoms with E-state index in [1.54, 1.807) is 0 Å². The van der Waals surface area contributed by atoms with E-state index in [4.69, 9.17) is 5.73 Å². The van der Waals surface area contributed by atoms with Crippen LogP contribution in [0.5, 0.6) is 0 Å². The smallest absolute Gasteiger partial charge is 0.254 e. The van der Waals surface area contributed by atoms with Crippen LogP contribution in [0.3, 0.4) is 0 Å². The second kappa shape index (κ2) is 6.20. The van der Waals surface area contributed by atoms with Gasteiger partial charge in [-0.05, 0) is 42.9 Å². The van der Waals surface area contributed by atoms with E-state index in [2.05, 4.69) is 13.8 Å². The van der Waals surface area contributed by atoms with Crippen LogP contribution in [0.1, 0.15) is 42.6 Å². The van der Waals surface area contributed by atoms with E-state index in [0.29, 0.717) is 12.5 Å². The molecule has 1 amide bonds. The predicted octanol–water partition coefficient (Wildman–Crippen LogP) is 2.45. The number of carbonyl (C=O) groups is 1. The molecule has 1 heterocycles. The average molecular weight is 260 g/mol. The van der Waals surface area contributed by atoms with Gasteiger partial charge in [0.05, 0.1) is 0 Å². The number of hydrogen-bond donors (Lipinski definition) is 1. The third-order valence-electron chi connectivity index (χ3n) is 4.12. The maximum atomic E-state index is 12.5. The van der Waals surface area contributed by atoms with E-state index >= 15 is 0 Å². The van der Waals surface area contributed by atoms with Gasteiger partial charge in [0, 0.05) is 24.7 Å². The lowest BCUT2D eigenvalue weighted by atomic mass is 9.92. The minimum atomic E-state index is 0.130. The fourth-order valence-electron chi connectivity index (χ4n) is 2.79. The Balaban J connectivity index is 2.13. The summed E-state index contributed by atoms with van der Waals surface area (Å²) in [5.74, 6) is 0.796. The fourth-order valence-corrected chi connectivity index (χ4v) is 2.79. The van der Waals surface area contributed by atoms with Crippen LogP contribution in [0.15, 0.2) is 24.3 Å². The van der Waals surface area contributed by atoms with Gasteiger partial charge in [0.15, 0.2) is 0 Å². The van der Waals surface area contributed by atoms with Crippen molar-refractivity contribution in [2.45, 2.75) is 39.2 Å². The number of nitrogens with zero attached hydrogens (tertiary/aromatic N) is 1. The number of benzene rings is 1. The first-order chi connectivity index (χ1) is 9.15. The van der Waals surface area contributed by atoms with E-state index in [9.17, 15) is 4.79 Å². The monoisotopic (exact) mass is 260 g/mol. The molecule has 0 spiro atoms. The van der Waals surface area contributed by atoms with Gasteiger partial charge < -0.3 is 10.6 Å². The molecule has 2 N–H and O–H groups in total. The van der Waals surface area contributed by atoms with Crippen LogP contribution < -0.4 is 5.73 Å². The Labute approximate surface area is 115 Å². The molecule has 3 nitrogen and oxygen atoms in total. The van der Waals surface area contributed by atoms with Crippen LogP contribution in [-0.4, -0.2) is 29.9 Å². The van der Waals surface area contributed by atoms with E-state index in [1.165, 1.54) is 5.56 Å². The van der Waals surface area contributed by atoms with Crippen molar-refractivity contribution in [1.29, 1.82) is 0 Å². The van der Waals surface area contributed by atoms with E-state index < -0.39 is 0 Å². The normalized spacial score (nSPS) is 23.4. The summed E-state index contributed by atoms with van der Waals surface area (Å²) in [6.07, 6.45) is 3.10. The standard InChI is InChI=1S/C16H24N2O/c1-3-13-4-6-14(7-5-13)16(19)18-9-8-12(2)10-15(18)11-17/h4-7,12,15H,3,8-11,17H2,1-2H3. The molecule has 1 fully saturated rings. The minimum Gasteiger partial charge on any atom is -0.334 e. The molecule has 0 bridgehead atoms. The summed E-state index contributed by atoms with van der Waals surface area (Å²) >= 11 is 0. The zero-order chi connectivity index (χ0) is 13.8. The zero-order valence-corrected chi connectivity index (χ0v) is 11.9. The van der Waals surface area contributed by atoms with Crippen molar-refractivity contribution in [3.8, 4) is 0 Å². The van der Waals surface area contributed by atoms with Crippen LogP contribution in [0, 0.1) is 5.92 Å². The van der Waals surface area contributed by atoms with Gasteiger partial charge in [-0.3, -0.25) is 4.79 Å². The number of likely N-dealkylation sites (tertiary alicyclic amines) is 1. The maximum absolute atomic E-state index is 12.5. The molecule has 3 heteroatoms. The second-order valence-electron chi connectivity index (χ2n) is 5.57. The Morgan fingerprint density at radius 2 is 2.05 bits per heavy atom. The number of amides is 1. The van der Waals surface area contributed by atoms with Crippen LogP contribution in [0.4, 0.5) is 0 Å². The summed E-state index contributed by atoms with van der Waals surface area (Å²) in [5, 5.41) is 0. The lowest BCUT2D eigenvalue weighted by molar-refractivity contribution is 0.0573. The molecular formula is C16H24N2O. The number of rotatable bonds is 3. The first-order valence-electron chi connectivity index (χ1n) is 7.25. The summed E-state index contributed by atoms with van der Waals surface area (Å²) < 4.78 is 0. The van der Waals surface area contributed by atoms with E-state index in [1.807, 2.05) is 29.2 Å². The molecule has 0 aliphatic carbocycles. The SMILES string of the molecule is CCc1ccc(C(=O)N2CCC(C)CC2CN)cc1. The molecule has 1 aliphatic rings. The highest BCUT2D eigenvalue weighted by atomic mass is 16.2. The number of carbonyl (C=O) groups excluding carboxylic acids is 1. The third-order valence-corrected chi connectivity index (χ3v) is 4.12. The predicted molar refractivity (Wildman–Crippen MR) is 78.1 cm³/mol. The highest BCUT2D eigenvalue weighted by molar-refractivity contribution is 5.94. The molecular weight excluding hydrogens is 236 g/mol. The van der Waals surface area contributed by atoms with Gasteiger partial charge >= 0.3 is 0 Å². The van der Waals surface area contributed by atoms with Gasteiger partial charge in [-0.1, -0.05) is 26.0 Å². The van der Waals surface area contributed by atoms with Crippen molar-refractivity contribution in [2.75, 3.05) is 13.1 Å². The topological polar surface area (TPSA) is 46.3 Å². The summed E-state index contributed by atoms with van der Waals surface area (Å²) in [6, 6.07) is 8.15. The van der Waals surface area contributed by atoms with Crippen molar-refractivity contribution < 1.29 is 4.79 Å². The second-order valence-corrected chi connectivity index (χ2v) is 5.57. The number of hydrogen-bond acceptors (Lipinski definition) is 2. The lowest BCUT2D eigenvalue weighted by Crippen LogP contribution is -2.49. The molecule has 0 aromatic heterocycles. The van der Waals surface area contributed by atoms with Gasteiger partial charge in [0.2, 0.25) is 0 Å². The molecule has 1 aromatic carbocycles. The van der Waals surface area contributed by atoms with Gasteiger partial charge in [0.25, 0.3) is 5.91 Å². The molecule has 1 saturated heterocycles. The first kappa shape index (κ1) is 14.1. The number of nitrogens with two attached hydrogens (primary N) is 1. The summed E-state index contributed by atoms with van der Waals surface area (Å²) in [7, 11) is 0. The Hall–Kier alpha value is -1.35. The molecule has 1 aromatic rings. The highest BCUT2D eigenvalue weighted by Gasteiger charge is 2.29. The van der Waals surface area contributed by atoms with E-state index in [-0.39, 0.29) is 11.9 Å². The Bertz CT molecular complexity index is 427. The number of aryl methyl sites for hydroxylation is 1. The molecule has 1 aliphatic heterocycles. The van der Waals surface area contributed by atoms with Crippen LogP contribution in [0.2, 0.25) is 0 Å². The van der Waals surface area contributed by atoms with Crippen molar-refractivity contribution in [3.05, 3.63) is 35.4 Å². The van der Waals surface area contributed by atoms with Crippen LogP contribution >= 0.6 is 0 Å². The lowest BCUT2D eigenvalue weighted by Gasteiger charge is -2.38. The summed E-state index contributed by atoms with van der Waals surface area (Å²) in [6.45, 7) is 5.74. The first-order valence-corrected chi connectivity index (χ1v) is 7.25. The van der Waals surface area contributed by atoms with Gasteiger partial charge in [-0.25, -0.2) is 0 Å². The van der Waals surface area contributed by atoms with Crippen molar-refractivity contribution >= 4 is 5.91 Å². The largest absolute Gasteiger partial charge is 0.334 e. The molecule has 2 atom stereocenters. The Morgan fingerprint density at radius 1 is 1.37 bits per heavy atom. The Morgan fingerprint density at radius 3 is 2.63 bits per heavy atom. The Kier molecular flexibility index (Phi) is 4.59. The molecule has 2 unspecified atom stereocenters. The molecule has 0 saturated carbocycles. The van der Waals surface area contributed by atoms with Crippen molar-refractivity contribution in [1.82, 2.24) is 4.90 Å². The fraction of sp³-hybridized carbons (Fsp3) is 0.562. The molecule has 19 heavy (non-hydrogen) atoms. The van der Waals surface area contributed by atoms with Crippen molar-refractivity contribution in [3.63, 3.8) is 0 Å². The molecule has 104 valence electrons. The maximum Gasteiger partial charge on any atom is 0.254 e. The van der Waals surface area contributed by atoms with Crippen LogP contribution in [-0.2, 0) is 6.42 Å². The van der Waals surface area contributed by atoms with E-state index in [0.717, 1.165) is 31.4 Å². The quantitative estimate of drug-likeness (QED) is 0.907. The average Bonchev–Trinajstić information content (AvgIpc) is 2.46. The summed E-state index contributed by atoms with van der Waals surface area (Å²) in [5.41, 5.74) is 7.87. The number of piperidine rings is 1. The van der Waals surface area contributed by atoms with Crippen molar-refractivity contribution in [2.24, 2.45) is 11.7 Å². The highest BCUT2D eigenvalue weighted by Crippen LogP contribution is 2.23. The molecule has 0 radical (unpaired) electrons. The third kappa shape index (κ3) is 3.16. The van der Waals surface area contributed by atoms with Gasteiger partial charge in [0.1, 0.15) is 0 Å². The van der Waals surface area contributed by atoms with Crippen LogP contribution in [0.25, 0.3) is 0 Å². The van der Waals surface area contributed by atoms with Gasteiger partial charge in [-0.2, -0.15) is 0 Å². The summed E-state index contributed by atoms with van der Waals surface area (Å²) in [4.78, 5) is 14.5. The minimum absolute atomic E-state index is 0.130. The molecule has 2 rings (SSSR count). The van der Waals surface area contributed by atoms with Gasteiger partial charge in [-0.15, -0.1) is 0 Å². The zero-order valence-electron chi connectivity index (χ0n) is 11.9.